The number of rotatable bonds is 6. The molecule has 1 aliphatic heterocycles. The summed E-state index contributed by atoms with van der Waals surface area (Å²) in [5.41, 5.74) is 0. The fourth-order valence-electron chi connectivity index (χ4n) is 1.46. The average Bonchev–Trinajstić information content (AvgIpc) is 2.48. The largest absolute Gasteiger partial charge is 0.790 e. The molecule has 0 radical (unpaired) electrons. The highest BCUT2D eigenvalue weighted by Gasteiger charge is 2.53. The Balaban J connectivity index is 2.67. The average molecular weight is 336 g/mol. The van der Waals surface area contributed by atoms with E-state index in [0.29, 0.717) is 0 Å². The van der Waals surface area contributed by atoms with Gasteiger partial charge >= 0.3 is 0 Å². The molecular formula is C6H10O12P2-4. The summed E-state index contributed by atoms with van der Waals surface area (Å²) in [5.74, 6) is -2.78. The second kappa shape index (κ2) is 6.05. The molecule has 1 aliphatic rings. The van der Waals surface area contributed by atoms with Crippen LogP contribution in [0.1, 0.15) is 0 Å². The van der Waals surface area contributed by atoms with Crippen molar-refractivity contribution in [2.75, 3.05) is 13.2 Å². The third kappa shape index (κ3) is 5.11. The van der Waals surface area contributed by atoms with E-state index >= 15 is 0 Å². The lowest BCUT2D eigenvalue weighted by Crippen LogP contribution is -2.47. The van der Waals surface area contributed by atoms with Crippen LogP contribution in [-0.4, -0.2) is 52.6 Å². The van der Waals surface area contributed by atoms with Crippen LogP contribution in [0, 0.1) is 0 Å². The quantitative estimate of drug-likeness (QED) is 0.387. The Bertz CT molecular complexity index is 428. The highest BCUT2D eigenvalue weighted by molar-refractivity contribution is 7.43. The number of aliphatic hydroxyl groups excluding tert-OH is 2. The summed E-state index contributed by atoms with van der Waals surface area (Å²) in [6.45, 7) is -2.37. The van der Waals surface area contributed by atoms with E-state index in [9.17, 15) is 44.0 Å². The Morgan fingerprint density at radius 1 is 1.10 bits per heavy atom. The Hall–Kier alpha value is 0.0600. The minimum atomic E-state index is -5.48. The van der Waals surface area contributed by atoms with Gasteiger partial charge in [0.2, 0.25) is 5.79 Å². The molecule has 1 fully saturated rings. The van der Waals surface area contributed by atoms with Gasteiger partial charge in [-0.2, -0.15) is 0 Å². The van der Waals surface area contributed by atoms with Crippen LogP contribution in [0.15, 0.2) is 0 Å². The highest BCUT2D eigenvalue weighted by atomic mass is 31.2. The zero-order valence-corrected chi connectivity index (χ0v) is 11.3. The van der Waals surface area contributed by atoms with E-state index in [-0.39, 0.29) is 0 Å². The van der Waals surface area contributed by atoms with Gasteiger partial charge in [-0.25, -0.2) is 0 Å². The van der Waals surface area contributed by atoms with Gasteiger partial charge in [-0.3, -0.25) is 0 Å². The molecule has 0 aromatic heterocycles. The van der Waals surface area contributed by atoms with Crippen molar-refractivity contribution in [3.63, 3.8) is 0 Å². The summed E-state index contributed by atoms with van der Waals surface area (Å²) >= 11 is 0. The van der Waals surface area contributed by atoms with Crippen LogP contribution in [-0.2, 0) is 22.9 Å². The number of hydrogen-bond donors (Lipinski definition) is 3. The van der Waals surface area contributed by atoms with Crippen molar-refractivity contribution in [2.45, 2.75) is 24.1 Å². The van der Waals surface area contributed by atoms with Crippen molar-refractivity contribution in [2.24, 2.45) is 0 Å². The molecule has 120 valence electrons. The summed E-state index contributed by atoms with van der Waals surface area (Å²) in [6, 6.07) is 0. The molecule has 0 spiro atoms. The predicted octanol–water partition coefficient (Wildman–Crippen LogP) is -5.51. The minimum Gasteiger partial charge on any atom is -0.790 e. The van der Waals surface area contributed by atoms with Crippen LogP contribution in [0.4, 0.5) is 0 Å². The van der Waals surface area contributed by atoms with E-state index in [1.165, 1.54) is 0 Å². The Morgan fingerprint density at radius 2 is 1.60 bits per heavy atom. The number of hydrogen-bond acceptors (Lipinski definition) is 12. The van der Waals surface area contributed by atoms with Crippen molar-refractivity contribution < 1.29 is 57.8 Å². The predicted molar refractivity (Wildman–Crippen MR) is 49.0 cm³/mol. The second-order valence-corrected chi connectivity index (χ2v) is 6.21. The summed E-state index contributed by atoms with van der Waals surface area (Å²) in [4.78, 5) is 41.0. The van der Waals surface area contributed by atoms with Crippen molar-refractivity contribution in [1.29, 1.82) is 0 Å². The molecule has 0 aromatic rings. The lowest BCUT2D eigenvalue weighted by Gasteiger charge is -2.34. The van der Waals surface area contributed by atoms with Gasteiger partial charge in [-0.1, -0.05) is 0 Å². The smallest absolute Gasteiger partial charge is 0.219 e. The zero-order chi connectivity index (χ0) is 15.8. The number of phosphoric acid groups is 2. The minimum absolute atomic E-state index is 1.03. The van der Waals surface area contributed by atoms with Crippen LogP contribution in [0.3, 0.4) is 0 Å². The van der Waals surface area contributed by atoms with Crippen LogP contribution >= 0.6 is 15.6 Å². The molecular weight excluding hydrogens is 326 g/mol. The Morgan fingerprint density at radius 3 is 2.05 bits per heavy atom. The van der Waals surface area contributed by atoms with Crippen LogP contribution in [0.25, 0.3) is 0 Å². The van der Waals surface area contributed by atoms with Crippen molar-refractivity contribution >= 4 is 15.6 Å². The topological polar surface area (TPSA) is 215 Å². The third-order valence-electron chi connectivity index (χ3n) is 2.35. The van der Waals surface area contributed by atoms with E-state index in [2.05, 4.69) is 13.8 Å². The van der Waals surface area contributed by atoms with Crippen molar-refractivity contribution in [1.82, 2.24) is 0 Å². The van der Waals surface area contributed by atoms with Crippen LogP contribution in [0.2, 0.25) is 0 Å². The Kier molecular flexibility index (Phi) is 5.48. The third-order valence-corrected chi connectivity index (χ3v) is 3.26. The molecule has 4 atom stereocenters. The van der Waals surface area contributed by atoms with Gasteiger partial charge in [0.25, 0.3) is 0 Å². The Labute approximate surface area is 112 Å². The van der Waals surface area contributed by atoms with Gasteiger partial charge < -0.3 is 57.8 Å². The maximum atomic E-state index is 10.3. The molecule has 3 N–H and O–H groups in total. The maximum absolute atomic E-state index is 10.3. The number of phosphoric ester groups is 2. The van der Waals surface area contributed by atoms with E-state index < -0.39 is 53.0 Å². The summed E-state index contributed by atoms with van der Waals surface area (Å²) < 4.78 is 32.6. The van der Waals surface area contributed by atoms with Crippen LogP contribution in [0.5, 0.6) is 0 Å². The normalized spacial score (nSPS) is 35.5. The van der Waals surface area contributed by atoms with Gasteiger partial charge in [-0.05, 0) is 0 Å². The lowest BCUT2D eigenvalue weighted by molar-refractivity contribution is -0.350. The van der Waals surface area contributed by atoms with Gasteiger partial charge in [0.05, 0.1) is 22.3 Å². The van der Waals surface area contributed by atoms with E-state index in [0.717, 1.165) is 0 Å². The first-order valence-electron chi connectivity index (χ1n) is 4.93. The lowest BCUT2D eigenvalue weighted by atomic mass is 10.1. The van der Waals surface area contributed by atoms with Crippen molar-refractivity contribution in [3.05, 3.63) is 0 Å². The molecule has 1 saturated heterocycles. The second-order valence-electron chi connectivity index (χ2n) is 3.90. The number of ether oxygens (including phenoxy) is 1. The van der Waals surface area contributed by atoms with Gasteiger partial charge in [-0.15, -0.1) is 0 Å². The molecule has 20 heavy (non-hydrogen) atoms. The standard InChI is InChI=1S/C6H14O12P2/c7-4-3(1-16-19(10,11)12)18-6(9,5(4)8)2-17-20(13,14)15/h3-5,7-9H,1-2H2,(H2,10,11,12)(H2,13,14,15)/p-4/t3-,4-,5-,6?/m1/s1. The SMILES string of the molecule is O=P([O-])([O-])OC[C@H]1OC(O)(COP(=O)([O-])[O-])[C@H](O)[C@@H]1O. The molecule has 0 saturated carbocycles. The first-order chi connectivity index (χ1) is 8.84. The first kappa shape index (κ1) is 18.1. The molecule has 0 aromatic carbocycles. The number of aliphatic hydroxyl groups is 3. The van der Waals surface area contributed by atoms with Crippen LogP contribution < -0.4 is 19.6 Å². The maximum Gasteiger partial charge on any atom is 0.219 e. The molecule has 12 nitrogen and oxygen atoms in total. The molecule has 14 heteroatoms. The van der Waals surface area contributed by atoms with Gasteiger partial charge in [0.15, 0.2) is 0 Å². The summed E-state index contributed by atoms with van der Waals surface area (Å²) in [7, 11) is -10.9. The monoisotopic (exact) mass is 336 g/mol. The van der Waals surface area contributed by atoms with Gasteiger partial charge in [0, 0.05) is 0 Å². The first-order valence-corrected chi connectivity index (χ1v) is 7.86. The fourth-order valence-corrected chi connectivity index (χ4v) is 2.13. The molecule has 0 aliphatic carbocycles. The molecule has 0 bridgehead atoms. The molecule has 1 unspecified atom stereocenters. The van der Waals surface area contributed by atoms with E-state index in [1.807, 2.05) is 0 Å². The molecule has 0 amide bonds. The van der Waals surface area contributed by atoms with Gasteiger partial charge in [0.1, 0.15) is 24.9 Å². The molecule has 1 heterocycles. The van der Waals surface area contributed by atoms with E-state index in [4.69, 9.17) is 0 Å². The highest BCUT2D eigenvalue weighted by Crippen LogP contribution is 2.35. The summed E-state index contributed by atoms with van der Waals surface area (Å²) in [5, 5.41) is 28.5. The van der Waals surface area contributed by atoms with Crippen molar-refractivity contribution in [3.8, 4) is 0 Å². The fraction of sp³-hybridized carbons (Fsp3) is 1.00. The zero-order valence-electron chi connectivity index (χ0n) is 9.56. The van der Waals surface area contributed by atoms with E-state index in [1.54, 1.807) is 0 Å². The summed E-state index contributed by atoms with van der Waals surface area (Å²) in [6.07, 6.45) is -5.69. The molecule has 1 rings (SSSR count).